The summed E-state index contributed by atoms with van der Waals surface area (Å²) >= 11 is 0. The SMILES string of the molecule is Cc1cc2cc(C(=O)N3CCCC(N4CCNCC4=O)C3)oc2cc1C.Cl. The number of amides is 2. The molecule has 0 saturated carbocycles. The number of nitrogens with one attached hydrogen (secondary N) is 1. The van der Waals surface area contributed by atoms with E-state index in [1.807, 2.05) is 28.9 Å². The number of fused-ring (bicyclic) bond motifs is 1. The van der Waals surface area contributed by atoms with Crippen molar-refractivity contribution in [1.82, 2.24) is 15.1 Å². The first-order chi connectivity index (χ1) is 12.5. The molecule has 146 valence electrons. The number of piperazine rings is 1. The summed E-state index contributed by atoms with van der Waals surface area (Å²) in [6.07, 6.45) is 1.86. The second-order valence-electron chi connectivity index (χ2n) is 7.40. The highest BCUT2D eigenvalue weighted by atomic mass is 35.5. The molecule has 6 nitrogen and oxygen atoms in total. The van der Waals surface area contributed by atoms with Crippen molar-refractivity contribution in [2.24, 2.45) is 0 Å². The van der Waals surface area contributed by atoms with Crippen LogP contribution in [0.1, 0.15) is 34.5 Å². The Bertz CT molecular complexity index is 825. The fourth-order valence-electron chi connectivity index (χ4n) is 3.96. The molecule has 1 aromatic heterocycles. The van der Waals surface area contributed by atoms with E-state index >= 15 is 0 Å². The number of aryl methyl sites for hydroxylation is 2. The number of hydrogen-bond acceptors (Lipinski definition) is 4. The Kier molecular flexibility index (Phi) is 5.77. The van der Waals surface area contributed by atoms with Crippen molar-refractivity contribution >= 4 is 35.2 Å². The van der Waals surface area contributed by atoms with E-state index in [9.17, 15) is 9.59 Å². The predicted molar refractivity (Wildman–Crippen MR) is 106 cm³/mol. The van der Waals surface area contributed by atoms with Crippen LogP contribution in [0, 0.1) is 13.8 Å². The van der Waals surface area contributed by atoms with Crippen LogP contribution in [0.15, 0.2) is 22.6 Å². The fraction of sp³-hybridized carbons (Fsp3) is 0.500. The Morgan fingerprint density at radius 2 is 1.96 bits per heavy atom. The van der Waals surface area contributed by atoms with Gasteiger partial charge in [0.25, 0.3) is 5.91 Å². The van der Waals surface area contributed by atoms with E-state index in [4.69, 9.17) is 4.42 Å². The van der Waals surface area contributed by atoms with Gasteiger partial charge in [0.15, 0.2) is 5.76 Å². The number of carbonyl (C=O) groups is 2. The molecule has 1 N–H and O–H groups in total. The normalized spacial score (nSPS) is 20.7. The Hall–Kier alpha value is -2.05. The third kappa shape index (κ3) is 3.82. The van der Waals surface area contributed by atoms with Crippen molar-refractivity contribution < 1.29 is 14.0 Å². The molecular weight excluding hydrogens is 366 g/mol. The van der Waals surface area contributed by atoms with Crippen LogP contribution in [0.4, 0.5) is 0 Å². The predicted octanol–water partition coefficient (Wildman–Crippen LogP) is 2.51. The van der Waals surface area contributed by atoms with Gasteiger partial charge in [0.1, 0.15) is 5.58 Å². The molecule has 3 heterocycles. The molecule has 4 rings (SSSR count). The van der Waals surface area contributed by atoms with Gasteiger partial charge in [0, 0.05) is 37.6 Å². The van der Waals surface area contributed by atoms with Gasteiger partial charge in [-0.1, -0.05) is 0 Å². The minimum Gasteiger partial charge on any atom is -0.451 e. The van der Waals surface area contributed by atoms with Gasteiger partial charge in [0.05, 0.1) is 6.54 Å². The molecule has 27 heavy (non-hydrogen) atoms. The summed E-state index contributed by atoms with van der Waals surface area (Å²) in [5.74, 6) is 0.436. The quantitative estimate of drug-likeness (QED) is 0.854. The Labute approximate surface area is 165 Å². The van der Waals surface area contributed by atoms with Crippen LogP contribution in [0.3, 0.4) is 0 Å². The van der Waals surface area contributed by atoms with Gasteiger partial charge in [-0.15, -0.1) is 12.4 Å². The molecule has 0 aliphatic carbocycles. The molecule has 0 bridgehead atoms. The molecule has 1 atom stereocenters. The zero-order valence-electron chi connectivity index (χ0n) is 15.8. The molecule has 2 aliphatic rings. The second-order valence-corrected chi connectivity index (χ2v) is 7.40. The number of carbonyl (C=O) groups excluding carboxylic acids is 2. The summed E-state index contributed by atoms with van der Waals surface area (Å²) < 4.78 is 5.84. The van der Waals surface area contributed by atoms with Gasteiger partial charge < -0.3 is 19.5 Å². The number of furan rings is 1. The van der Waals surface area contributed by atoms with Crippen molar-refractivity contribution in [2.75, 3.05) is 32.7 Å². The third-order valence-electron chi connectivity index (χ3n) is 5.59. The fourth-order valence-corrected chi connectivity index (χ4v) is 3.96. The highest BCUT2D eigenvalue weighted by Gasteiger charge is 2.32. The van der Waals surface area contributed by atoms with Crippen LogP contribution < -0.4 is 5.32 Å². The maximum atomic E-state index is 13.0. The lowest BCUT2D eigenvalue weighted by Gasteiger charge is -2.40. The average Bonchev–Trinajstić information content (AvgIpc) is 3.04. The Morgan fingerprint density at radius 3 is 2.74 bits per heavy atom. The summed E-state index contributed by atoms with van der Waals surface area (Å²) in [5, 5.41) is 4.06. The lowest BCUT2D eigenvalue weighted by Crippen LogP contribution is -2.57. The zero-order valence-corrected chi connectivity index (χ0v) is 16.6. The molecular formula is C20H26ClN3O3. The van der Waals surface area contributed by atoms with Crippen LogP contribution in [-0.4, -0.2) is 60.4 Å². The minimum atomic E-state index is -0.0798. The van der Waals surface area contributed by atoms with Crippen LogP contribution in [0.25, 0.3) is 11.0 Å². The molecule has 0 spiro atoms. The lowest BCUT2D eigenvalue weighted by atomic mass is 10.0. The summed E-state index contributed by atoms with van der Waals surface area (Å²) in [7, 11) is 0. The smallest absolute Gasteiger partial charge is 0.289 e. The topological polar surface area (TPSA) is 65.8 Å². The number of rotatable bonds is 2. The highest BCUT2D eigenvalue weighted by Crippen LogP contribution is 2.25. The number of nitrogens with zero attached hydrogens (tertiary/aromatic N) is 2. The number of likely N-dealkylation sites (tertiary alicyclic amines) is 1. The van der Waals surface area contributed by atoms with E-state index < -0.39 is 0 Å². The van der Waals surface area contributed by atoms with E-state index in [2.05, 4.69) is 18.3 Å². The van der Waals surface area contributed by atoms with Crippen LogP contribution in [0.5, 0.6) is 0 Å². The molecule has 1 unspecified atom stereocenters. The Balaban J connectivity index is 0.00000210. The number of halogens is 1. The van der Waals surface area contributed by atoms with E-state index in [0.717, 1.165) is 35.9 Å². The summed E-state index contributed by atoms with van der Waals surface area (Å²) in [6.45, 7) is 7.33. The first-order valence-electron chi connectivity index (χ1n) is 9.33. The van der Waals surface area contributed by atoms with Crippen LogP contribution in [0.2, 0.25) is 0 Å². The summed E-state index contributed by atoms with van der Waals surface area (Å²) in [6, 6.07) is 5.99. The molecule has 2 amide bonds. The first-order valence-corrected chi connectivity index (χ1v) is 9.33. The van der Waals surface area contributed by atoms with Gasteiger partial charge in [-0.25, -0.2) is 0 Å². The van der Waals surface area contributed by atoms with Crippen molar-refractivity contribution in [3.63, 3.8) is 0 Å². The van der Waals surface area contributed by atoms with Crippen molar-refractivity contribution in [2.45, 2.75) is 32.7 Å². The molecule has 2 fully saturated rings. The minimum absolute atomic E-state index is 0. The molecule has 2 aliphatic heterocycles. The average molecular weight is 392 g/mol. The number of piperidine rings is 1. The van der Waals surface area contributed by atoms with E-state index in [1.165, 1.54) is 5.56 Å². The standard InChI is InChI=1S/C20H25N3O3.ClH/c1-13-8-15-10-18(26-17(15)9-14(13)2)20(25)22-6-3-4-16(12-22)23-7-5-21-11-19(23)24;/h8-10,16,21H,3-7,11-12H2,1-2H3;1H. The lowest BCUT2D eigenvalue weighted by molar-refractivity contribution is -0.135. The van der Waals surface area contributed by atoms with Crippen molar-refractivity contribution in [1.29, 1.82) is 0 Å². The van der Waals surface area contributed by atoms with E-state index in [0.29, 0.717) is 31.9 Å². The Morgan fingerprint density at radius 1 is 1.19 bits per heavy atom. The summed E-state index contributed by atoms with van der Waals surface area (Å²) in [4.78, 5) is 28.9. The van der Waals surface area contributed by atoms with Gasteiger partial charge in [-0.3, -0.25) is 9.59 Å². The van der Waals surface area contributed by atoms with Gasteiger partial charge in [0.2, 0.25) is 5.91 Å². The maximum Gasteiger partial charge on any atom is 0.289 e. The van der Waals surface area contributed by atoms with Gasteiger partial charge in [-0.05, 0) is 56.0 Å². The van der Waals surface area contributed by atoms with E-state index in [1.54, 1.807) is 0 Å². The van der Waals surface area contributed by atoms with Crippen LogP contribution >= 0.6 is 12.4 Å². The van der Waals surface area contributed by atoms with Crippen molar-refractivity contribution in [3.05, 3.63) is 35.1 Å². The largest absolute Gasteiger partial charge is 0.451 e. The maximum absolute atomic E-state index is 13.0. The van der Waals surface area contributed by atoms with Gasteiger partial charge >= 0.3 is 0 Å². The molecule has 7 heteroatoms. The van der Waals surface area contributed by atoms with Gasteiger partial charge in [-0.2, -0.15) is 0 Å². The highest BCUT2D eigenvalue weighted by molar-refractivity contribution is 5.96. The zero-order chi connectivity index (χ0) is 18.3. The summed E-state index contributed by atoms with van der Waals surface area (Å²) in [5.41, 5.74) is 3.09. The second kappa shape index (κ2) is 7.90. The molecule has 2 saturated heterocycles. The molecule has 0 radical (unpaired) electrons. The third-order valence-corrected chi connectivity index (χ3v) is 5.59. The first kappa shape index (κ1) is 19.7. The monoisotopic (exact) mass is 391 g/mol. The number of benzene rings is 1. The van der Waals surface area contributed by atoms with E-state index in [-0.39, 0.29) is 30.3 Å². The van der Waals surface area contributed by atoms with Crippen molar-refractivity contribution in [3.8, 4) is 0 Å². The van der Waals surface area contributed by atoms with Crippen LogP contribution in [-0.2, 0) is 4.79 Å². The molecule has 1 aromatic carbocycles. The molecule has 2 aromatic rings. The number of hydrogen-bond donors (Lipinski definition) is 1.